The van der Waals surface area contributed by atoms with Gasteiger partial charge in [0, 0.05) is 31.3 Å². The molecule has 4 heteroatoms. The summed E-state index contributed by atoms with van der Waals surface area (Å²) in [5.74, 6) is 0. The van der Waals surface area contributed by atoms with Gasteiger partial charge in [0.1, 0.15) is 0 Å². The van der Waals surface area contributed by atoms with Gasteiger partial charge in [-0.1, -0.05) is 0 Å². The Hall–Kier alpha value is -0.160. The average Bonchev–Trinajstić information content (AvgIpc) is 2.88. The second-order valence-electron chi connectivity index (χ2n) is 5.16. The van der Waals surface area contributed by atoms with Crippen molar-refractivity contribution in [1.29, 1.82) is 0 Å². The van der Waals surface area contributed by atoms with E-state index in [1.54, 1.807) is 0 Å². The van der Waals surface area contributed by atoms with Gasteiger partial charge in [-0.2, -0.15) is 0 Å². The molecule has 94 valence electrons. The van der Waals surface area contributed by atoms with Gasteiger partial charge in [0.15, 0.2) is 0 Å². The zero-order valence-electron chi connectivity index (χ0n) is 10.1. The quantitative estimate of drug-likeness (QED) is 0.555. The molecule has 0 aromatic rings. The highest BCUT2D eigenvalue weighted by Crippen LogP contribution is 2.35. The lowest BCUT2D eigenvalue weighted by Crippen LogP contribution is -2.58. The number of aliphatic hydroxyl groups excluding tert-OH is 1. The fraction of sp³-hybridized carbons (Fsp3) is 1.00. The molecule has 0 spiro atoms. The molecule has 0 aromatic heterocycles. The van der Waals surface area contributed by atoms with Crippen molar-refractivity contribution in [2.24, 2.45) is 5.73 Å². The van der Waals surface area contributed by atoms with Crippen LogP contribution in [-0.4, -0.2) is 54.4 Å². The van der Waals surface area contributed by atoms with Crippen LogP contribution in [0.25, 0.3) is 0 Å². The Morgan fingerprint density at radius 1 is 1.38 bits per heavy atom. The van der Waals surface area contributed by atoms with Crippen LogP contribution in [0.4, 0.5) is 0 Å². The highest BCUT2D eigenvalue weighted by molar-refractivity contribution is 5.08. The van der Waals surface area contributed by atoms with Crippen molar-refractivity contribution in [3.63, 3.8) is 0 Å². The molecule has 2 atom stereocenters. The van der Waals surface area contributed by atoms with Crippen LogP contribution in [0.1, 0.15) is 32.1 Å². The van der Waals surface area contributed by atoms with Gasteiger partial charge < -0.3 is 16.2 Å². The van der Waals surface area contributed by atoms with Gasteiger partial charge >= 0.3 is 0 Å². The summed E-state index contributed by atoms with van der Waals surface area (Å²) < 4.78 is 0. The third kappa shape index (κ3) is 2.25. The molecule has 2 unspecified atom stereocenters. The second kappa shape index (κ2) is 5.45. The predicted molar refractivity (Wildman–Crippen MR) is 65.3 cm³/mol. The number of nitrogens with two attached hydrogens (primary N) is 1. The summed E-state index contributed by atoms with van der Waals surface area (Å²) in [5, 5.41) is 12.4. The molecule has 2 heterocycles. The van der Waals surface area contributed by atoms with Gasteiger partial charge in [-0.25, -0.2) is 0 Å². The zero-order chi connectivity index (χ0) is 11.4. The minimum atomic E-state index is 0.159. The molecule has 4 nitrogen and oxygen atoms in total. The van der Waals surface area contributed by atoms with E-state index in [4.69, 9.17) is 10.8 Å². The van der Waals surface area contributed by atoms with Gasteiger partial charge in [0.05, 0.1) is 0 Å². The minimum absolute atomic E-state index is 0.159. The lowest BCUT2D eigenvalue weighted by Gasteiger charge is -2.35. The largest absolute Gasteiger partial charge is 0.396 e. The fourth-order valence-corrected chi connectivity index (χ4v) is 3.32. The summed E-state index contributed by atoms with van der Waals surface area (Å²) in [6, 6.07) is 0.659. The van der Waals surface area contributed by atoms with Crippen LogP contribution >= 0.6 is 0 Å². The first-order valence-electron chi connectivity index (χ1n) is 6.62. The SMILES string of the molecule is NCC1(NCCCCO)CCN2CCCC21. The normalized spacial score (nSPS) is 34.5. The molecule has 0 bridgehead atoms. The number of fused-ring (bicyclic) bond motifs is 1. The molecule has 2 aliphatic rings. The Kier molecular flexibility index (Phi) is 4.19. The van der Waals surface area contributed by atoms with E-state index < -0.39 is 0 Å². The molecule has 2 aliphatic heterocycles. The van der Waals surface area contributed by atoms with Gasteiger partial charge in [0.2, 0.25) is 0 Å². The Morgan fingerprint density at radius 2 is 2.25 bits per heavy atom. The first kappa shape index (κ1) is 12.3. The summed E-state index contributed by atoms with van der Waals surface area (Å²) in [6.45, 7) is 4.49. The summed E-state index contributed by atoms with van der Waals surface area (Å²) >= 11 is 0. The Labute approximate surface area is 98.2 Å². The van der Waals surface area contributed by atoms with Crippen molar-refractivity contribution in [2.45, 2.75) is 43.7 Å². The van der Waals surface area contributed by atoms with Crippen molar-refractivity contribution in [3.8, 4) is 0 Å². The first-order valence-corrected chi connectivity index (χ1v) is 6.62. The Morgan fingerprint density at radius 3 is 3.00 bits per heavy atom. The fourth-order valence-electron chi connectivity index (χ4n) is 3.32. The number of unbranched alkanes of at least 4 members (excludes halogenated alkanes) is 1. The number of hydrogen-bond acceptors (Lipinski definition) is 4. The summed E-state index contributed by atoms with van der Waals surface area (Å²) in [6.07, 6.45) is 5.75. The van der Waals surface area contributed by atoms with Crippen LogP contribution in [0.2, 0.25) is 0 Å². The number of nitrogens with zero attached hydrogens (tertiary/aromatic N) is 1. The molecule has 4 N–H and O–H groups in total. The van der Waals surface area contributed by atoms with E-state index in [1.807, 2.05) is 0 Å². The van der Waals surface area contributed by atoms with Crippen LogP contribution in [0.5, 0.6) is 0 Å². The smallest absolute Gasteiger partial charge is 0.0473 e. The maximum absolute atomic E-state index is 8.77. The topological polar surface area (TPSA) is 61.5 Å². The molecular formula is C12H25N3O. The third-order valence-electron chi connectivity index (χ3n) is 4.27. The molecular weight excluding hydrogens is 202 g/mol. The van der Waals surface area contributed by atoms with E-state index in [1.165, 1.54) is 32.4 Å². The van der Waals surface area contributed by atoms with Crippen molar-refractivity contribution in [1.82, 2.24) is 10.2 Å². The standard InChI is InChI=1S/C12H25N3O/c13-10-12(14-6-1-2-9-16)5-8-15-7-3-4-11(12)15/h11,14,16H,1-10,13H2. The van der Waals surface area contributed by atoms with Gasteiger partial charge in [0.25, 0.3) is 0 Å². The average molecular weight is 227 g/mol. The maximum atomic E-state index is 8.77. The van der Waals surface area contributed by atoms with Crippen molar-refractivity contribution in [3.05, 3.63) is 0 Å². The van der Waals surface area contributed by atoms with Crippen LogP contribution < -0.4 is 11.1 Å². The van der Waals surface area contributed by atoms with E-state index >= 15 is 0 Å². The van der Waals surface area contributed by atoms with E-state index in [0.717, 1.165) is 25.9 Å². The van der Waals surface area contributed by atoms with E-state index in [-0.39, 0.29) is 5.54 Å². The van der Waals surface area contributed by atoms with Crippen LogP contribution in [-0.2, 0) is 0 Å². The van der Waals surface area contributed by atoms with Gasteiger partial charge in [-0.05, 0) is 45.2 Å². The number of hydrogen-bond donors (Lipinski definition) is 3. The highest BCUT2D eigenvalue weighted by atomic mass is 16.2. The van der Waals surface area contributed by atoms with Crippen molar-refractivity contribution >= 4 is 0 Å². The molecule has 2 rings (SSSR count). The summed E-state index contributed by atoms with van der Waals surface area (Å²) in [5.41, 5.74) is 6.16. The zero-order valence-corrected chi connectivity index (χ0v) is 10.1. The summed E-state index contributed by atoms with van der Waals surface area (Å²) in [4.78, 5) is 2.59. The number of nitrogens with one attached hydrogen (secondary N) is 1. The highest BCUT2D eigenvalue weighted by Gasteiger charge is 2.47. The van der Waals surface area contributed by atoms with Gasteiger partial charge in [-0.3, -0.25) is 4.90 Å². The molecule has 2 saturated heterocycles. The molecule has 0 aliphatic carbocycles. The lowest BCUT2D eigenvalue weighted by atomic mass is 9.88. The van der Waals surface area contributed by atoms with Gasteiger partial charge in [-0.15, -0.1) is 0 Å². The molecule has 0 aromatic carbocycles. The first-order chi connectivity index (χ1) is 7.82. The van der Waals surface area contributed by atoms with E-state index in [2.05, 4.69) is 10.2 Å². The molecule has 2 fully saturated rings. The third-order valence-corrected chi connectivity index (χ3v) is 4.27. The van der Waals surface area contributed by atoms with E-state index in [9.17, 15) is 0 Å². The molecule has 0 saturated carbocycles. The van der Waals surface area contributed by atoms with Crippen LogP contribution in [0, 0.1) is 0 Å². The summed E-state index contributed by atoms with van der Waals surface area (Å²) in [7, 11) is 0. The maximum Gasteiger partial charge on any atom is 0.0473 e. The predicted octanol–water partition coefficient (Wildman–Crippen LogP) is -0.0859. The molecule has 0 radical (unpaired) electrons. The molecule has 0 amide bonds. The Balaban J connectivity index is 1.86. The van der Waals surface area contributed by atoms with Crippen molar-refractivity contribution in [2.75, 3.05) is 32.8 Å². The number of aliphatic hydroxyl groups is 1. The monoisotopic (exact) mass is 227 g/mol. The van der Waals surface area contributed by atoms with Crippen LogP contribution in [0.15, 0.2) is 0 Å². The van der Waals surface area contributed by atoms with Crippen molar-refractivity contribution < 1.29 is 5.11 Å². The lowest BCUT2D eigenvalue weighted by molar-refractivity contribution is 0.224. The number of rotatable bonds is 6. The Bertz CT molecular complexity index is 224. The minimum Gasteiger partial charge on any atom is -0.396 e. The molecule has 16 heavy (non-hydrogen) atoms. The van der Waals surface area contributed by atoms with Crippen LogP contribution in [0.3, 0.4) is 0 Å². The second-order valence-corrected chi connectivity index (χ2v) is 5.16. The van der Waals surface area contributed by atoms with E-state index in [0.29, 0.717) is 12.6 Å².